The third kappa shape index (κ3) is 3.70. The van der Waals surface area contributed by atoms with Crippen molar-refractivity contribution in [2.24, 2.45) is 17.3 Å². The summed E-state index contributed by atoms with van der Waals surface area (Å²) in [5.74, 6) is 2.60. The van der Waals surface area contributed by atoms with Crippen molar-refractivity contribution in [1.82, 2.24) is 0 Å². The van der Waals surface area contributed by atoms with Gasteiger partial charge in [-0.2, -0.15) is 0 Å². The number of aliphatic hydroxyl groups is 1. The van der Waals surface area contributed by atoms with Crippen molar-refractivity contribution in [1.29, 1.82) is 0 Å². The van der Waals surface area contributed by atoms with Gasteiger partial charge in [-0.25, -0.2) is 0 Å². The van der Waals surface area contributed by atoms with E-state index in [0.717, 1.165) is 43.4 Å². The largest absolute Gasteiger partial charge is 0.504 e. The predicted molar refractivity (Wildman–Crippen MR) is 132 cm³/mol. The highest BCUT2D eigenvalue weighted by Gasteiger charge is 2.54. The van der Waals surface area contributed by atoms with Gasteiger partial charge in [0.2, 0.25) is 0 Å². The second-order valence-electron chi connectivity index (χ2n) is 10.4. The van der Waals surface area contributed by atoms with E-state index in [1.54, 1.807) is 25.3 Å². The lowest BCUT2D eigenvalue weighted by Gasteiger charge is -2.50. The van der Waals surface area contributed by atoms with Crippen molar-refractivity contribution in [3.63, 3.8) is 0 Å². The van der Waals surface area contributed by atoms with Crippen LogP contribution in [0.5, 0.6) is 17.2 Å². The summed E-state index contributed by atoms with van der Waals surface area (Å²) >= 11 is 0. The van der Waals surface area contributed by atoms with Crippen LogP contribution < -0.4 is 9.47 Å². The van der Waals surface area contributed by atoms with Crippen molar-refractivity contribution in [3.8, 4) is 17.2 Å². The van der Waals surface area contributed by atoms with Gasteiger partial charge in [-0.15, -0.1) is 0 Å². The molecule has 0 saturated heterocycles. The highest BCUT2D eigenvalue weighted by molar-refractivity contribution is 6.07. The first-order valence-electron chi connectivity index (χ1n) is 12.3. The molecule has 180 valence electrons. The molecule has 0 aliphatic heterocycles. The molecule has 5 atom stereocenters. The molecule has 34 heavy (non-hydrogen) atoms. The van der Waals surface area contributed by atoms with E-state index < -0.39 is 0 Å². The van der Waals surface area contributed by atoms with Crippen LogP contribution in [0.15, 0.2) is 36.4 Å². The molecule has 2 saturated carbocycles. The average molecular weight is 463 g/mol. The molecule has 2 aromatic carbocycles. The highest BCUT2D eigenvalue weighted by atomic mass is 16.5. The van der Waals surface area contributed by atoms with Crippen LogP contribution in [0.2, 0.25) is 0 Å². The Morgan fingerprint density at radius 1 is 1.06 bits per heavy atom. The predicted octanol–water partition coefficient (Wildman–Crippen LogP) is 5.52. The number of aliphatic hydroxyl groups excluding tert-OH is 1. The number of benzene rings is 2. The molecule has 2 aromatic rings. The van der Waals surface area contributed by atoms with E-state index in [-0.39, 0.29) is 28.8 Å². The Bertz CT molecular complexity index is 1140. The Balaban J connectivity index is 1.44. The molecular formula is C29H34O5. The molecule has 5 heteroatoms. The van der Waals surface area contributed by atoms with E-state index in [1.165, 1.54) is 30.7 Å². The van der Waals surface area contributed by atoms with E-state index >= 15 is 0 Å². The summed E-state index contributed by atoms with van der Waals surface area (Å²) in [6, 6.07) is 8.98. The minimum absolute atomic E-state index is 0.00676. The minimum atomic E-state index is -0.168. The zero-order valence-electron chi connectivity index (χ0n) is 20.2. The Morgan fingerprint density at radius 3 is 2.62 bits per heavy atom. The first-order chi connectivity index (χ1) is 16.4. The fourth-order valence-electron chi connectivity index (χ4n) is 6.99. The molecule has 0 radical (unpaired) electrons. The van der Waals surface area contributed by atoms with Crippen molar-refractivity contribution in [2.45, 2.75) is 57.5 Å². The maximum atomic E-state index is 12.8. The molecule has 3 aliphatic carbocycles. The Kier molecular flexibility index (Phi) is 5.93. The summed E-state index contributed by atoms with van der Waals surface area (Å²) in [6.07, 6.45) is 9.65. The van der Waals surface area contributed by atoms with Gasteiger partial charge in [0.15, 0.2) is 17.3 Å². The number of hydrogen-bond acceptors (Lipinski definition) is 5. The van der Waals surface area contributed by atoms with E-state index in [0.29, 0.717) is 23.3 Å². The molecule has 5 nitrogen and oxygen atoms in total. The number of allylic oxidation sites excluding steroid dienone is 1. The van der Waals surface area contributed by atoms with Crippen LogP contribution in [0.25, 0.3) is 6.08 Å². The number of aryl methyl sites for hydroxylation is 1. The minimum Gasteiger partial charge on any atom is -0.504 e. The molecule has 2 fully saturated rings. The highest BCUT2D eigenvalue weighted by Crippen LogP contribution is 2.61. The second kappa shape index (κ2) is 8.77. The summed E-state index contributed by atoms with van der Waals surface area (Å²) < 4.78 is 10.8. The van der Waals surface area contributed by atoms with Crippen LogP contribution >= 0.6 is 0 Å². The SMILES string of the molecule is COc1cc(C(=O)/C=C/c2cc3c(cc2OC)CC[C@@H]2[C@@H]3CC[C@]3(C)C(O)CC[C@@H]23)ccc1O. The van der Waals surface area contributed by atoms with Crippen LogP contribution in [0, 0.1) is 17.3 Å². The van der Waals surface area contributed by atoms with E-state index in [9.17, 15) is 15.0 Å². The van der Waals surface area contributed by atoms with Crippen molar-refractivity contribution >= 4 is 11.9 Å². The average Bonchev–Trinajstić information content (AvgIpc) is 3.16. The number of carbonyl (C=O) groups excluding carboxylic acids is 1. The maximum absolute atomic E-state index is 12.8. The Labute approximate surface area is 201 Å². The molecule has 1 unspecified atom stereocenters. The summed E-state index contributed by atoms with van der Waals surface area (Å²) in [6.45, 7) is 2.30. The number of ether oxygens (including phenoxy) is 2. The maximum Gasteiger partial charge on any atom is 0.185 e. The van der Waals surface area contributed by atoms with E-state index in [4.69, 9.17) is 9.47 Å². The number of phenolic OH excluding ortho intramolecular Hbond substituents is 1. The number of fused-ring (bicyclic) bond motifs is 5. The second-order valence-corrected chi connectivity index (χ2v) is 10.4. The first-order valence-corrected chi connectivity index (χ1v) is 12.3. The van der Waals surface area contributed by atoms with E-state index in [1.807, 2.05) is 6.08 Å². The zero-order chi connectivity index (χ0) is 24.0. The van der Waals surface area contributed by atoms with Gasteiger partial charge in [-0.05, 0) is 115 Å². The molecule has 0 spiro atoms. The number of carbonyl (C=O) groups is 1. The molecular weight excluding hydrogens is 428 g/mol. The molecule has 0 aromatic heterocycles. The number of methoxy groups -OCH3 is 2. The quantitative estimate of drug-likeness (QED) is 0.452. The smallest absolute Gasteiger partial charge is 0.185 e. The first kappa shape index (κ1) is 23.0. The lowest BCUT2D eigenvalue weighted by atomic mass is 9.55. The van der Waals surface area contributed by atoms with E-state index in [2.05, 4.69) is 19.1 Å². The van der Waals surface area contributed by atoms with Gasteiger partial charge in [0, 0.05) is 11.1 Å². The third-order valence-corrected chi connectivity index (χ3v) is 8.90. The lowest BCUT2D eigenvalue weighted by Crippen LogP contribution is -2.43. The molecule has 2 N–H and O–H groups in total. The lowest BCUT2D eigenvalue weighted by molar-refractivity contribution is -0.0226. The van der Waals surface area contributed by atoms with Gasteiger partial charge in [0.1, 0.15) is 5.75 Å². The van der Waals surface area contributed by atoms with Crippen molar-refractivity contribution in [2.75, 3.05) is 14.2 Å². The van der Waals surface area contributed by atoms with Crippen LogP contribution in [-0.4, -0.2) is 36.3 Å². The topological polar surface area (TPSA) is 76.0 Å². The normalized spacial score (nSPS) is 29.9. The number of phenols is 1. The van der Waals surface area contributed by atoms with Crippen LogP contribution in [0.1, 0.15) is 72.0 Å². The molecule has 0 heterocycles. The summed E-state index contributed by atoms with van der Waals surface area (Å²) in [7, 11) is 3.13. The molecule has 0 amide bonds. The summed E-state index contributed by atoms with van der Waals surface area (Å²) in [5, 5.41) is 20.5. The van der Waals surface area contributed by atoms with Gasteiger partial charge in [-0.3, -0.25) is 4.79 Å². The molecule has 3 aliphatic rings. The van der Waals surface area contributed by atoms with Crippen molar-refractivity contribution < 1.29 is 24.5 Å². The standard InChI is InChI=1S/C29H34O5/c1-29-13-12-20-21(23(29)8-11-28(29)32)7-4-17-15-26(33-2)19(14-22(17)20)6-9-24(30)18-5-10-25(31)27(16-18)34-3/h5-6,9-10,14-16,20-21,23,28,31-32H,4,7-8,11-13H2,1-3H3/b9-6+/t20-,21+,23-,28?,29-/m0/s1. The number of hydrogen-bond donors (Lipinski definition) is 2. The zero-order valence-corrected chi connectivity index (χ0v) is 20.2. The Hall–Kier alpha value is -2.79. The number of ketones is 1. The fraction of sp³-hybridized carbons (Fsp3) is 0.483. The number of rotatable bonds is 5. The van der Waals surface area contributed by atoms with Crippen molar-refractivity contribution in [3.05, 3.63) is 58.7 Å². The van der Waals surface area contributed by atoms with Gasteiger partial charge < -0.3 is 19.7 Å². The van der Waals surface area contributed by atoms with Gasteiger partial charge >= 0.3 is 0 Å². The molecule has 0 bridgehead atoms. The number of aromatic hydroxyl groups is 1. The summed E-state index contributed by atoms with van der Waals surface area (Å²) in [4.78, 5) is 12.8. The van der Waals surface area contributed by atoms with Crippen LogP contribution in [0.4, 0.5) is 0 Å². The van der Waals surface area contributed by atoms with Gasteiger partial charge in [0.25, 0.3) is 0 Å². The van der Waals surface area contributed by atoms with Crippen LogP contribution in [-0.2, 0) is 6.42 Å². The summed E-state index contributed by atoms with van der Waals surface area (Å²) in [5.41, 5.74) is 4.16. The van der Waals surface area contributed by atoms with Gasteiger partial charge in [-0.1, -0.05) is 6.92 Å². The molecule has 5 rings (SSSR count). The van der Waals surface area contributed by atoms with Crippen LogP contribution in [0.3, 0.4) is 0 Å². The fourth-order valence-corrected chi connectivity index (χ4v) is 6.99. The van der Waals surface area contributed by atoms with Gasteiger partial charge in [0.05, 0.1) is 20.3 Å². The Morgan fingerprint density at radius 2 is 1.85 bits per heavy atom. The third-order valence-electron chi connectivity index (χ3n) is 8.90. The monoisotopic (exact) mass is 462 g/mol.